The molecular weight excluding hydrogens is 458 g/mol. The van der Waals surface area contributed by atoms with Crippen molar-refractivity contribution in [1.29, 1.82) is 0 Å². The van der Waals surface area contributed by atoms with Crippen LogP contribution in [0.3, 0.4) is 0 Å². The highest BCUT2D eigenvalue weighted by Gasteiger charge is 2.26. The summed E-state index contributed by atoms with van der Waals surface area (Å²) in [6, 6.07) is 9.71. The lowest BCUT2D eigenvalue weighted by Gasteiger charge is -2.16. The Labute approximate surface area is 192 Å². The molecule has 1 fully saturated rings. The van der Waals surface area contributed by atoms with E-state index in [1.807, 2.05) is 12.1 Å². The number of hydrogen-bond acceptors (Lipinski definition) is 10. The lowest BCUT2D eigenvalue weighted by atomic mass is 10.1. The number of benzene rings is 1. The molecule has 1 aromatic carbocycles. The highest BCUT2D eigenvalue weighted by molar-refractivity contribution is 7.17. The third-order valence-corrected chi connectivity index (χ3v) is 5.17. The van der Waals surface area contributed by atoms with Crippen molar-refractivity contribution in [2.75, 3.05) is 30.4 Å². The minimum Gasteiger partial charge on any atom is -0.464 e. The predicted molar refractivity (Wildman–Crippen MR) is 117 cm³/mol. The number of hydrogen-bond donors (Lipinski definition) is 2. The molecule has 1 saturated heterocycles. The van der Waals surface area contributed by atoms with Crippen LogP contribution in [0.2, 0.25) is 0 Å². The van der Waals surface area contributed by atoms with Gasteiger partial charge >= 0.3 is 6.61 Å². The van der Waals surface area contributed by atoms with E-state index < -0.39 is 6.61 Å². The Morgan fingerprint density at radius 2 is 2.12 bits per heavy atom. The number of halogens is 2. The fourth-order valence-corrected chi connectivity index (χ4v) is 3.80. The van der Waals surface area contributed by atoms with Gasteiger partial charge in [0.25, 0.3) is 5.19 Å². The summed E-state index contributed by atoms with van der Waals surface area (Å²) >= 11 is 1.12. The van der Waals surface area contributed by atoms with Crippen molar-refractivity contribution in [1.82, 2.24) is 20.4 Å². The van der Waals surface area contributed by atoms with Gasteiger partial charge in [-0.1, -0.05) is 17.2 Å². The van der Waals surface area contributed by atoms with E-state index in [1.165, 1.54) is 12.1 Å². The van der Waals surface area contributed by atoms with Crippen molar-refractivity contribution in [3.05, 3.63) is 48.2 Å². The normalized spacial score (nSPS) is 15.1. The zero-order valence-electron chi connectivity index (χ0n) is 17.6. The van der Waals surface area contributed by atoms with Gasteiger partial charge in [-0.05, 0) is 41.2 Å². The van der Waals surface area contributed by atoms with Crippen LogP contribution in [0.15, 0.2) is 42.6 Å². The number of carbonyl (C=O) groups is 1. The molecule has 0 bridgehead atoms. The Hall–Kier alpha value is -3.45. The van der Waals surface area contributed by atoms with Crippen molar-refractivity contribution >= 4 is 28.2 Å². The van der Waals surface area contributed by atoms with Gasteiger partial charge < -0.3 is 24.8 Å². The number of amides is 1. The van der Waals surface area contributed by atoms with Crippen molar-refractivity contribution in [3.8, 4) is 10.9 Å². The molecule has 3 aromatic rings. The standard InChI is InChI=1S/C19H18F2N6O3S.CH4O/c20-17(21)29-13-4-1-3-12(9-13)10-16(28)23-18-25-26-19(31-18)30-14-6-8-27(11-14)15-5-2-7-22-24-15;1-2/h1-5,7,9,14,17H,6,8,10-11H2,(H,23,25,28);2H,1H3. The maximum absolute atomic E-state index is 12.3. The van der Waals surface area contributed by atoms with E-state index in [9.17, 15) is 13.6 Å². The first-order valence-electron chi connectivity index (χ1n) is 9.86. The van der Waals surface area contributed by atoms with Crippen LogP contribution in [0, 0.1) is 0 Å². The van der Waals surface area contributed by atoms with E-state index in [0.29, 0.717) is 22.4 Å². The SMILES string of the molecule is CO.O=C(Cc1cccc(OC(F)F)c1)Nc1nnc(OC2CCN(c3cccnn3)C2)s1. The summed E-state index contributed by atoms with van der Waals surface area (Å²) in [6.07, 6.45) is 2.33. The molecule has 33 heavy (non-hydrogen) atoms. The van der Waals surface area contributed by atoms with Crippen LogP contribution in [0.25, 0.3) is 0 Å². The largest absolute Gasteiger partial charge is 0.464 e. The van der Waals surface area contributed by atoms with E-state index in [2.05, 4.69) is 35.3 Å². The summed E-state index contributed by atoms with van der Waals surface area (Å²) in [5, 5.41) is 26.2. The Balaban J connectivity index is 0.00000149. The number of ether oxygens (including phenoxy) is 2. The molecular formula is C20H22F2N6O4S. The molecule has 1 amide bonds. The molecule has 10 nitrogen and oxygen atoms in total. The van der Waals surface area contributed by atoms with Crippen molar-refractivity contribution in [2.24, 2.45) is 0 Å². The molecule has 0 saturated carbocycles. The molecule has 176 valence electrons. The maximum Gasteiger partial charge on any atom is 0.387 e. The van der Waals surface area contributed by atoms with Crippen LogP contribution in [0.1, 0.15) is 12.0 Å². The molecule has 0 spiro atoms. The lowest BCUT2D eigenvalue weighted by Crippen LogP contribution is -2.25. The molecule has 1 atom stereocenters. The number of anilines is 2. The number of nitrogens with zero attached hydrogens (tertiary/aromatic N) is 5. The van der Waals surface area contributed by atoms with E-state index >= 15 is 0 Å². The maximum atomic E-state index is 12.3. The second-order valence-electron chi connectivity index (χ2n) is 6.68. The minimum absolute atomic E-state index is 0.000932. The summed E-state index contributed by atoms with van der Waals surface area (Å²) in [6.45, 7) is -1.48. The van der Waals surface area contributed by atoms with Crippen LogP contribution in [0.4, 0.5) is 19.7 Å². The van der Waals surface area contributed by atoms with Gasteiger partial charge in [0, 0.05) is 26.3 Å². The van der Waals surface area contributed by atoms with Gasteiger partial charge in [-0.3, -0.25) is 4.79 Å². The van der Waals surface area contributed by atoms with Crippen LogP contribution in [0.5, 0.6) is 10.9 Å². The lowest BCUT2D eigenvalue weighted by molar-refractivity contribution is -0.115. The number of aliphatic hydroxyl groups excluding tert-OH is 1. The van der Waals surface area contributed by atoms with Crippen LogP contribution in [-0.4, -0.2) is 64.3 Å². The molecule has 3 heterocycles. The van der Waals surface area contributed by atoms with Gasteiger partial charge in [0.15, 0.2) is 5.82 Å². The van der Waals surface area contributed by atoms with Crippen LogP contribution >= 0.6 is 11.3 Å². The summed E-state index contributed by atoms with van der Waals surface area (Å²) in [4.78, 5) is 14.3. The molecule has 0 aliphatic carbocycles. The van der Waals surface area contributed by atoms with Gasteiger partial charge in [-0.2, -0.15) is 13.9 Å². The van der Waals surface area contributed by atoms with Crippen LogP contribution in [-0.2, 0) is 11.2 Å². The molecule has 0 radical (unpaired) electrons. The average molecular weight is 480 g/mol. The number of alkyl halides is 2. The van der Waals surface area contributed by atoms with E-state index in [-0.39, 0.29) is 24.2 Å². The minimum atomic E-state index is -2.92. The number of nitrogens with one attached hydrogen (secondary N) is 1. The molecule has 1 aliphatic rings. The Morgan fingerprint density at radius 1 is 1.27 bits per heavy atom. The monoisotopic (exact) mass is 480 g/mol. The van der Waals surface area contributed by atoms with Gasteiger partial charge in [-0.15, -0.1) is 10.2 Å². The fraction of sp³-hybridized carbons (Fsp3) is 0.350. The zero-order chi connectivity index (χ0) is 23.6. The van der Waals surface area contributed by atoms with E-state index in [0.717, 1.165) is 37.2 Å². The Kier molecular flexibility index (Phi) is 8.78. The van der Waals surface area contributed by atoms with Crippen LogP contribution < -0.4 is 19.7 Å². The molecule has 1 aliphatic heterocycles. The predicted octanol–water partition coefficient (Wildman–Crippen LogP) is 2.38. The first-order valence-corrected chi connectivity index (χ1v) is 10.7. The van der Waals surface area contributed by atoms with E-state index in [4.69, 9.17) is 9.84 Å². The van der Waals surface area contributed by atoms with Gasteiger partial charge in [0.1, 0.15) is 11.9 Å². The fourth-order valence-electron chi connectivity index (χ4n) is 3.13. The summed E-state index contributed by atoms with van der Waals surface area (Å²) in [5.41, 5.74) is 0.534. The number of carbonyl (C=O) groups excluding carboxylic acids is 1. The molecule has 2 aromatic heterocycles. The van der Waals surface area contributed by atoms with Crippen molar-refractivity contribution < 1.29 is 28.2 Å². The zero-order valence-corrected chi connectivity index (χ0v) is 18.4. The van der Waals surface area contributed by atoms with Gasteiger partial charge in [0.05, 0.1) is 13.0 Å². The number of aromatic nitrogens is 4. The molecule has 2 N–H and O–H groups in total. The Bertz CT molecular complexity index is 1030. The average Bonchev–Trinajstić information content (AvgIpc) is 3.45. The number of rotatable bonds is 8. The first-order chi connectivity index (χ1) is 16.0. The first kappa shape index (κ1) is 24.2. The summed E-state index contributed by atoms with van der Waals surface area (Å²) < 4.78 is 34.9. The van der Waals surface area contributed by atoms with Crippen molar-refractivity contribution in [2.45, 2.75) is 25.6 Å². The smallest absolute Gasteiger partial charge is 0.387 e. The quantitative estimate of drug-likeness (QED) is 0.500. The third-order valence-electron chi connectivity index (χ3n) is 4.44. The molecule has 4 rings (SSSR count). The van der Waals surface area contributed by atoms with E-state index in [1.54, 1.807) is 18.3 Å². The van der Waals surface area contributed by atoms with Gasteiger partial charge in [-0.25, -0.2) is 0 Å². The Morgan fingerprint density at radius 3 is 2.88 bits per heavy atom. The van der Waals surface area contributed by atoms with Gasteiger partial charge in [0.2, 0.25) is 11.0 Å². The molecule has 1 unspecified atom stereocenters. The third kappa shape index (κ3) is 7.29. The molecule has 13 heteroatoms. The number of aliphatic hydroxyl groups is 1. The highest BCUT2D eigenvalue weighted by Crippen LogP contribution is 2.27. The second-order valence-corrected chi connectivity index (χ2v) is 7.62. The van der Waals surface area contributed by atoms with Crippen molar-refractivity contribution in [3.63, 3.8) is 0 Å². The summed E-state index contributed by atoms with van der Waals surface area (Å²) in [7, 11) is 1.00. The highest BCUT2D eigenvalue weighted by atomic mass is 32.1. The topological polar surface area (TPSA) is 123 Å². The summed E-state index contributed by atoms with van der Waals surface area (Å²) in [5.74, 6) is 0.437. The second kappa shape index (κ2) is 12.0.